The van der Waals surface area contributed by atoms with Crippen LogP contribution in [0.1, 0.15) is 47.2 Å². The van der Waals surface area contributed by atoms with Crippen molar-refractivity contribution in [3.05, 3.63) is 34.9 Å². The molecule has 3 rings (SSSR count). The van der Waals surface area contributed by atoms with Gasteiger partial charge in [0.15, 0.2) is 0 Å². The topological polar surface area (TPSA) is 29.5 Å². The monoisotopic (exact) mass is 245 g/mol. The quantitative estimate of drug-likeness (QED) is 0.761. The van der Waals surface area contributed by atoms with E-state index in [0.29, 0.717) is 13.2 Å². The highest BCUT2D eigenvalue weighted by atomic mass is 16.5. The molecule has 0 bridgehead atoms. The maximum atomic E-state index is 12.4. The minimum Gasteiger partial charge on any atom is -0.372 e. The molecule has 3 nitrogen and oxygen atoms in total. The molecule has 0 aromatic heterocycles. The molecule has 18 heavy (non-hydrogen) atoms. The summed E-state index contributed by atoms with van der Waals surface area (Å²) in [5.74, 6) is 0.187. The smallest absolute Gasteiger partial charge is 0.253 e. The van der Waals surface area contributed by atoms with E-state index in [4.69, 9.17) is 4.74 Å². The van der Waals surface area contributed by atoms with Crippen LogP contribution in [0.5, 0.6) is 0 Å². The van der Waals surface area contributed by atoms with Crippen LogP contribution in [0, 0.1) is 0 Å². The fraction of sp³-hybridized carbons (Fsp3) is 0.533. The number of nitrogens with zero attached hydrogens (tertiary/aromatic N) is 1. The van der Waals surface area contributed by atoms with Gasteiger partial charge in [0.2, 0.25) is 0 Å². The molecule has 0 N–H and O–H groups in total. The molecular weight excluding hydrogens is 226 g/mol. The number of carbonyl (C=O) groups excluding carboxylic acids is 1. The van der Waals surface area contributed by atoms with Crippen molar-refractivity contribution in [3.8, 4) is 0 Å². The van der Waals surface area contributed by atoms with E-state index in [1.54, 1.807) is 0 Å². The first-order valence-corrected chi connectivity index (χ1v) is 6.83. The van der Waals surface area contributed by atoms with E-state index in [0.717, 1.165) is 31.5 Å². The van der Waals surface area contributed by atoms with Crippen molar-refractivity contribution in [2.75, 3.05) is 13.1 Å². The molecule has 1 amide bonds. The third-order valence-electron chi connectivity index (χ3n) is 3.86. The molecule has 2 aliphatic heterocycles. The molecule has 0 radical (unpaired) electrons. The summed E-state index contributed by atoms with van der Waals surface area (Å²) in [6, 6.07) is 5.99. The van der Waals surface area contributed by atoms with Gasteiger partial charge in [0.25, 0.3) is 5.91 Å². The molecule has 3 heteroatoms. The number of fused-ring (bicyclic) bond motifs is 1. The number of ether oxygens (including phenoxy) is 1. The molecule has 2 heterocycles. The summed E-state index contributed by atoms with van der Waals surface area (Å²) in [5, 5.41) is 0. The van der Waals surface area contributed by atoms with E-state index in [-0.39, 0.29) is 5.91 Å². The van der Waals surface area contributed by atoms with Crippen molar-refractivity contribution in [3.63, 3.8) is 0 Å². The summed E-state index contributed by atoms with van der Waals surface area (Å²) in [6.45, 7) is 3.16. The number of benzene rings is 1. The lowest BCUT2D eigenvalue weighted by Gasteiger charge is -2.20. The zero-order valence-electron chi connectivity index (χ0n) is 10.7. The van der Waals surface area contributed by atoms with Gasteiger partial charge in [0.1, 0.15) is 0 Å². The molecule has 0 unspecified atom stereocenters. The van der Waals surface area contributed by atoms with Gasteiger partial charge in [-0.25, -0.2) is 0 Å². The third kappa shape index (κ3) is 2.27. The fourth-order valence-electron chi connectivity index (χ4n) is 2.76. The number of hydrogen-bond acceptors (Lipinski definition) is 2. The van der Waals surface area contributed by atoms with E-state index in [1.807, 2.05) is 23.1 Å². The van der Waals surface area contributed by atoms with E-state index in [9.17, 15) is 4.79 Å². The first-order chi connectivity index (χ1) is 8.84. The Kier molecular flexibility index (Phi) is 3.33. The van der Waals surface area contributed by atoms with Gasteiger partial charge in [-0.05, 0) is 36.1 Å². The highest BCUT2D eigenvalue weighted by Gasteiger charge is 2.19. The van der Waals surface area contributed by atoms with Crippen molar-refractivity contribution in [1.29, 1.82) is 0 Å². The van der Waals surface area contributed by atoms with Crippen LogP contribution >= 0.6 is 0 Å². The van der Waals surface area contributed by atoms with Gasteiger partial charge in [-0.3, -0.25) is 4.79 Å². The van der Waals surface area contributed by atoms with Crippen molar-refractivity contribution in [2.24, 2.45) is 0 Å². The second-order valence-electron chi connectivity index (χ2n) is 5.18. The highest BCUT2D eigenvalue weighted by Crippen LogP contribution is 2.22. The van der Waals surface area contributed by atoms with Gasteiger partial charge < -0.3 is 9.64 Å². The summed E-state index contributed by atoms with van der Waals surface area (Å²) in [4.78, 5) is 14.4. The van der Waals surface area contributed by atoms with Crippen molar-refractivity contribution in [2.45, 2.75) is 38.9 Å². The van der Waals surface area contributed by atoms with Crippen LogP contribution in [0.15, 0.2) is 18.2 Å². The molecule has 96 valence electrons. The second kappa shape index (κ2) is 5.11. The number of hydrogen-bond donors (Lipinski definition) is 0. The Morgan fingerprint density at radius 2 is 1.72 bits per heavy atom. The van der Waals surface area contributed by atoms with Gasteiger partial charge in [0, 0.05) is 18.7 Å². The molecule has 1 aromatic carbocycles. The lowest BCUT2D eigenvalue weighted by Crippen LogP contribution is -2.31. The lowest BCUT2D eigenvalue weighted by molar-refractivity contribution is 0.0761. The average Bonchev–Trinajstić information content (AvgIpc) is 2.69. The van der Waals surface area contributed by atoms with E-state index in [2.05, 4.69) is 0 Å². The first kappa shape index (κ1) is 11.7. The van der Waals surface area contributed by atoms with Crippen LogP contribution in [0.2, 0.25) is 0 Å². The predicted octanol–water partition coefficient (Wildman–Crippen LogP) is 2.73. The van der Waals surface area contributed by atoms with Crippen LogP contribution in [-0.2, 0) is 18.0 Å². The Morgan fingerprint density at radius 3 is 2.50 bits per heavy atom. The molecule has 1 aromatic rings. The molecule has 0 aliphatic carbocycles. The Labute approximate surface area is 108 Å². The molecule has 1 fully saturated rings. The Morgan fingerprint density at radius 1 is 1.00 bits per heavy atom. The molecule has 0 atom stereocenters. The fourth-order valence-corrected chi connectivity index (χ4v) is 2.76. The molecular formula is C15H19NO2. The zero-order chi connectivity index (χ0) is 12.4. The third-order valence-corrected chi connectivity index (χ3v) is 3.86. The summed E-state index contributed by atoms with van der Waals surface area (Å²) in [5.41, 5.74) is 3.22. The first-order valence-electron chi connectivity index (χ1n) is 6.83. The van der Waals surface area contributed by atoms with E-state index >= 15 is 0 Å². The Balaban J connectivity index is 1.79. The van der Waals surface area contributed by atoms with Crippen molar-refractivity contribution in [1.82, 2.24) is 4.90 Å². The van der Waals surface area contributed by atoms with Crippen molar-refractivity contribution >= 4 is 5.91 Å². The predicted molar refractivity (Wildman–Crippen MR) is 69.3 cm³/mol. The Hall–Kier alpha value is -1.35. The van der Waals surface area contributed by atoms with E-state index < -0.39 is 0 Å². The normalized spacial score (nSPS) is 19.4. The van der Waals surface area contributed by atoms with Gasteiger partial charge in [-0.15, -0.1) is 0 Å². The summed E-state index contributed by atoms with van der Waals surface area (Å²) in [7, 11) is 0. The van der Waals surface area contributed by atoms with Crippen LogP contribution in [0.4, 0.5) is 0 Å². The van der Waals surface area contributed by atoms with Gasteiger partial charge >= 0.3 is 0 Å². The number of likely N-dealkylation sites (tertiary alicyclic amines) is 1. The van der Waals surface area contributed by atoms with Gasteiger partial charge in [-0.2, -0.15) is 0 Å². The summed E-state index contributed by atoms with van der Waals surface area (Å²) >= 11 is 0. The van der Waals surface area contributed by atoms with Gasteiger partial charge in [-0.1, -0.05) is 18.9 Å². The minimum absolute atomic E-state index is 0.187. The number of amides is 1. The van der Waals surface area contributed by atoms with Crippen LogP contribution in [0.3, 0.4) is 0 Å². The second-order valence-corrected chi connectivity index (χ2v) is 5.18. The van der Waals surface area contributed by atoms with Crippen LogP contribution in [-0.4, -0.2) is 23.9 Å². The van der Waals surface area contributed by atoms with Crippen LogP contribution in [0.25, 0.3) is 0 Å². The number of carbonyl (C=O) groups is 1. The standard InChI is InChI=1S/C15H19NO2/c17-15(16-7-3-1-2-4-8-16)12-5-6-13-10-18-11-14(13)9-12/h5-6,9H,1-4,7-8,10-11H2. The van der Waals surface area contributed by atoms with Crippen molar-refractivity contribution < 1.29 is 9.53 Å². The maximum Gasteiger partial charge on any atom is 0.253 e. The lowest BCUT2D eigenvalue weighted by atomic mass is 10.1. The molecule has 1 saturated heterocycles. The SMILES string of the molecule is O=C(c1ccc2c(c1)COC2)N1CCCCCC1. The average molecular weight is 245 g/mol. The summed E-state index contributed by atoms with van der Waals surface area (Å²) < 4.78 is 5.39. The largest absolute Gasteiger partial charge is 0.372 e. The summed E-state index contributed by atoms with van der Waals surface area (Å²) in [6.07, 6.45) is 4.78. The zero-order valence-corrected chi connectivity index (χ0v) is 10.7. The Bertz CT molecular complexity index is 448. The van der Waals surface area contributed by atoms with Crippen LogP contribution < -0.4 is 0 Å². The maximum absolute atomic E-state index is 12.4. The molecule has 0 saturated carbocycles. The minimum atomic E-state index is 0.187. The molecule has 2 aliphatic rings. The van der Waals surface area contributed by atoms with Gasteiger partial charge in [0.05, 0.1) is 13.2 Å². The number of rotatable bonds is 1. The highest BCUT2D eigenvalue weighted by molar-refractivity contribution is 5.94. The van der Waals surface area contributed by atoms with E-state index in [1.165, 1.54) is 24.0 Å². The molecule has 0 spiro atoms.